The molecule has 0 bridgehead atoms. The van der Waals surface area contributed by atoms with Crippen molar-refractivity contribution in [2.24, 2.45) is 0 Å². The molecular weight excluding hydrogens is 1790 g/mol. The molecule has 0 aliphatic heterocycles. The van der Waals surface area contributed by atoms with Crippen molar-refractivity contribution < 1.29 is 0 Å². The number of nitrogens with zero attached hydrogens (tertiary/aromatic N) is 13. The van der Waals surface area contributed by atoms with Gasteiger partial charge in [-0.25, -0.2) is 54.8 Å². The van der Waals surface area contributed by atoms with E-state index >= 15 is 0 Å². The normalized spacial score (nSPS) is 11.0. The van der Waals surface area contributed by atoms with Crippen LogP contribution in [0.3, 0.4) is 0 Å². The van der Waals surface area contributed by atoms with Gasteiger partial charge in [0.2, 0.25) is 0 Å². The second-order valence-electron chi connectivity index (χ2n) is 36.1. The lowest BCUT2D eigenvalue weighted by atomic mass is 9.95. The molecule has 0 saturated heterocycles. The van der Waals surface area contributed by atoms with Gasteiger partial charge in [0.1, 0.15) is 0 Å². The first kappa shape index (κ1) is 92.4. The first-order valence-electron chi connectivity index (χ1n) is 49.0. The van der Waals surface area contributed by atoms with Gasteiger partial charge in [-0.05, 0) is 217 Å². The first-order chi connectivity index (χ1) is 72.5. The monoisotopic (exact) mass is 1890 g/mol. The molecule has 0 N–H and O–H groups in total. The van der Waals surface area contributed by atoms with E-state index in [9.17, 15) is 0 Å². The molecule has 0 spiro atoms. The Morgan fingerprint density at radius 1 is 0.109 bits per heavy atom. The molecule has 147 heavy (non-hydrogen) atoms. The summed E-state index contributed by atoms with van der Waals surface area (Å²) in [6.45, 7) is 6.30. The molecule has 13 nitrogen and oxygen atoms in total. The van der Waals surface area contributed by atoms with Crippen molar-refractivity contribution in [2.45, 2.75) is 20.8 Å². The van der Waals surface area contributed by atoms with Crippen LogP contribution in [-0.4, -0.2) is 64.8 Å². The summed E-state index contributed by atoms with van der Waals surface area (Å²) in [4.78, 5) is 63.8. The lowest BCUT2D eigenvalue weighted by Crippen LogP contribution is -2.01. The number of rotatable bonds is 21. The largest absolute Gasteiger partial charge is 0.265 e. The minimum absolute atomic E-state index is 0.574. The molecule has 0 saturated carbocycles. The van der Waals surface area contributed by atoms with Crippen LogP contribution in [0.2, 0.25) is 0 Å². The number of hydrogen-bond acceptors (Lipinski definition) is 13. The summed E-state index contributed by atoms with van der Waals surface area (Å²) in [5.74, 6) is 6.12. The highest BCUT2D eigenvalue weighted by molar-refractivity contribution is 5.86. The van der Waals surface area contributed by atoms with Crippen molar-refractivity contribution in [1.29, 1.82) is 0 Å². The Labute approximate surface area is 855 Å². The van der Waals surface area contributed by atoms with E-state index < -0.39 is 0 Å². The van der Waals surface area contributed by atoms with Gasteiger partial charge in [0.25, 0.3) is 0 Å². The highest BCUT2D eigenvalue weighted by Gasteiger charge is 2.22. The van der Waals surface area contributed by atoms with Crippen molar-refractivity contribution in [3.63, 3.8) is 0 Å². The van der Waals surface area contributed by atoms with Crippen LogP contribution < -0.4 is 0 Å². The second kappa shape index (κ2) is 43.2. The molecule has 6 heterocycles. The number of aryl methyl sites for hydroxylation is 3. The Balaban J connectivity index is 0.000000125. The smallest absolute Gasteiger partial charge is 0.164 e. The van der Waals surface area contributed by atoms with Crippen molar-refractivity contribution in [3.05, 3.63) is 539 Å². The van der Waals surface area contributed by atoms with Crippen molar-refractivity contribution in [3.8, 4) is 236 Å². The summed E-state index contributed by atoms with van der Waals surface area (Å²) in [6, 6.07) is 170. The molecular formula is C134H95N13. The second-order valence-corrected chi connectivity index (χ2v) is 36.1. The highest BCUT2D eigenvalue weighted by Crippen LogP contribution is 2.41. The molecule has 0 radical (unpaired) electrons. The summed E-state index contributed by atoms with van der Waals surface area (Å²) < 4.78 is 0. The first-order valence-corrected chi connectivity index (χ1v) is 49.0. The van der Waals surface area contributed by atoms with E-state index in [1.807, 2.05) is 91.4 Å². The van der Waals surface area contributed by atoms with Gasteiger partial charge in [0.15, 0.2) is 58.2 Å². The number of pyridine rings is 2. The van der Waals surface area contributed by atoms with Crippen LogP contribution in [0.5, 0.6) is 0 Å². The molecule has 0 aliphatic carbocycles. The number of hydrogen-bond donors (Lipinski definition) is 0. The maximum atomic E-state index is 5.12. The zero-order valence-electron chi connectivity index (χ0n) is 81.0. The zero-order chi connectivity index (χ0) is 99.0. The van der Waals surface area contributed by atoms with Crippen LogP contribution in [0.15, 0.2) is 522 Å². The van der Waals surface area contributed by atoms with E-state index in [4.69, 9.17) is 44.9 Å². The minimum Gasteiger partial charge on any atom is -0.265 e. The minimum atomic E-state index is 0.574. The van der Waals surface area contributed by atoms with Crippen molar-refractivity contribution in [2.75, 3.05) is 0 Å². The molecule has 0 unspecified atom stereocenters. The van der Waals surface area contributed by atoms with Crippen LogP contribution in [0.4, 0.5) is 0 Å². The number of benzene rings is 18. The fourth-order valence-corrected chi connectivity index (χ4v) is 17.9. The molecule has 696 valence electrons. The van der Waals surface area contributed by atoms with Crippen LogP contribution in [0, 0.1) is 20.8 Å². The quantitative estimate of drug-likeness (QED) is 0.0667. The molecule has 0 atom stereocenters. The average molecular weight is 1890 g/mol. The Bertz CT molecular complexity index is 7520. The third-order valence-electron chi connectivity index (χ3n) is 25.9. The van der Waals surface area contributed by atoms with Crippen LogP contribution in [0.25, 0.3) is 236 Å². The highest BCUT2D eigenvalue weighted by atomic mass is 15.1. The molecule has 24 aromatic rings. The standard InChI is InChI=1S/2C45H32N4.C44H31N5/c1-31-15-17-36(18-16-31)39-28-40(42-14-8-9-27-46-42)30-41(29-39)45-48-43(37-23-19-34(20-24-37)32-10-4-2-5-11-32)47-44(49-45)38-25-21-35(22-26-38)33-12-6-3-7-13-33;1-31-12-14-36(15-13-31)40-28-41(37-24-26-46-27-25-37)30-42(29-40)45-48-43(38-20-16-34(17-21-38)32-8-4-2-5-9-32)47-44(49-45)39-22-18-35(19-23-39)33-10-6-3-7-11-33;1-30-13-15-35(16-14-30)38-27-39(41-45-25-8-26-46-41)29-40(28-38)44-48-42(36-21-17-33(18-22-36)31-9-4-2-5-10-31)47-43(49-44)37-23-19-34(20-24-37)32-11-6-3-7-12-32/h2*2-30H,1H3;2-29H,1H3. The van der Waals surface area contributed by atoms with Gasteiger partial charge in [0.05, 0.1) is 5.69 Å². The van der Waals surface area contributed by atoms with Crippen molar-refractivity contribution in [1.82, 2.24) is 64.8 Å². The third-order valence-corrected chi connectivity index (χ3v) is 25.9. The summed E-state index contributed by atoms with van der Waals surface area (Å²) in [5.41, 5.74) is 37.1. The topological polar surface area (TPSA) is 168 Å². The predicted octanol–water partition coefficient (Wildman–Crippen LogP) is 33.1. The Morgan fingerprint density at radius 3 is 0.524 bits per heavy atom. The molecule has 0 amide bonds. The molecule has 0 fully saturated rings. The van der Waals surface area contributed by atoms with Gasteiger partial charge in [-0.15, -0.1) is 0 Å². The van der Waals surface area contributed by atoms with E-state index in [0.29, 0.717) is 58.2 Å². The van der Waals surface area contributed by atoms with E-state index in [1.54, 1.807) is 12.4 Å². The van der Waals surface area contributed by atoms with Crippen LogP contribution >= 0.6 is 0 Å². The Kier molecular flexibility index (Phi) is 27.2. The Hall–Kier alpha value is -19.6. The molecule has 0 aliphatic rings. The van der Waals surface area contributed by atoms with Gasteiger partial charge in [-0.3, -0.25) is 9.97 Å². The molecule has 18 aromatic carbocycles. The summed E-state index contributed by atoms with van der Waals surface area (Å²) >= 11 is 0. The van der Waals surface area contributed by atoms with Crippen LogP contribution in [0.1, 0.15) is 16.7 Å². The average Bonchev–Trinajstić information content (AvgIpc) is 0.784. The zero-order valence-corrected chi connectivity index (χ0v) is 81.0. The predicted molar refractivity (Wildman–Crippen MR) is 599 cm³/mol. The van der Waals surface area contributed by atoms with Gasteiger partial charge in [0, 0.05) is 92.2 Å². The summed E-state index contributed by atoms with van der Waals surface area (Å²) in [6.07, 6.45) is 9.00. The van der Waals surface area contributed by atoms with Gasteiger partial charge in [-0.1, -0.05) is 423 Å². The lowest BCUT2D eigenvalue weighted by molar-refractivity contribution is 1.07. The summed E-state index contributed by atoms with van der Waals surface area (Å²) in [5, 5.41) is 0. The SMILES string of the molecule is Cc1ccc(-c2cc(-c3ccccn3)cc(-c3nc(-c4ccc(-c5ccccc5)cc4)nc(-c4ccc(-c5ccccc5)cc4)n3)c2)cc1.Cc1ccc(-c2cc(-c3ccncc3)cc(-c3nc(-c4ccc(-c5ccccc5)cc4)nc(-c4ccc(-c5ccccc5)cc4)n3)c2)cc1.Cc1ccc(-c2cc(-c3ncccn3)cc(-c3nc(-c4ccc(-c5ccccc5)cc4)nc(-c4ccc(-c5ccccc5)cc4)n3)c2)cc1. The molecule has 13 heteroatoms. The van der Waals surface area contributed by atoms with E-state index in [0.717, 1.165) is 156 Å². The molecule has 24 rings (SSSR count). The van der Waals surface area contributed by atoms with E-state index in [-0.39, 0.29) is 0 Å². The fraction of sp³-hybridized carbons (Fsp3) is 0.0224. The molecule has 6 aromatic heterocycles. The van der Waals surface area contributed by atoms with Crippen LogP contribution in [-0.2, 0) is 0 Å². The van der Waals surface area contributed by atoms with Gasteiger partial charge in [-0.2, -0.15) is 0 Å². The maximum Gasteiger partial charge on any atom is 0.164 e. The number of aromatic nitrogens is 13. The fourth-order valence-electron chi connectivity index (χ4n) is 17.9. The van der Waals surface area contributed by atoms with E-state index in [1.165, 1.54) is 38.9 Å². The third kappa shape index (κ3) is 22.0. The maximum absolute atomic E-state index is 5.12. The Morgan fingerprint density at radius 2 is 0.279 bits per heavy atom. The summed E-state index contributed by atoms with van der Waals surface area (Å²) in [7, 11) is 0. The lowest BCUT2D eigenvalue weighted by Gasteiger charge is -2.13. The van der Waals surface area contributed by atoms with Gasteiger partial charge >= 0.3 is 0 Å². The van der Waals surface area contributed by atoms with E-state index in [2.05, 4.69) is 459 Å². The van der Waals surface area contributed by atoms with Crippen molar-refractivity contribution >= 4 is 0 Å². The van der Waals surface area contributed by atoms with Gasteiger partial charge < -0.3 is 0 Å².